The second-order valence-electron chi connectivity index (χ2n) is 8.59. The van der Waals surface area contributed by atoms with Crippen molar-refractivity contribution in [2.75, 3.05) is 12.3 Å². The van der Waals surface area contributed by atoms with E-state index < -0.39 is 22.0 Å². The van der Waals surface area contributed by atoms with E-state index in [9.17, 15) is 18.0 Å². The predicted molar refractivity (Wildman–Crippen MR) is 125 cm³/mol. The molecule has 0 saturated carbocycles. The molecule has 1 aliphatic carbocycles. The van der Waals surface area contributed by atoms with Crippen molar-refractivity contribution in [1.29, 1.82) is 0 Å². The van der Waals surface area contributed by atoms with Crippen molar-refractivity contribution in [3.05, 3.63) is 71.6 Å². The minimum atomic E-state index is -3.99. The van der Waals surface area contributed by atoms with Gasteiger partial charge in [0.15, 0.2) is 0 Å². The molecule has 2 amide bonds. The third-order valence-electron chi connectivity index (χ3n) is 6.24. The first kappa shape index (κ1) is 22.8. The van der Waals surface area contributed by atoms with Crippen molar-refractivity contribution in [2.45, 2.75) is 43.5 Å². The molecule has 0 aromatic heterocycles. The van der Waals surface area contributed by atoms with E-state index in [0.717, 1.165) is 34.8 Å². The van der Waals surface area contributed by atoms with Gasteiger partial charge in [0.05, 0.1) is 11.3 Å². The fourth-order valence-electron chi connectivity index (χ4n) is 4.36. The maximum absolute atomic E-state index is 13.1. The second-order valence-corrected chi connectivity index (χ2v) is 10.4. The lowest BCUT2D eigenvalue weighted by Crippen LogP contribution is -2.51. The zero-order valence-electron chi connectivity index (χ0n) is 18.5. The van der Waals surface area contributed by atoms with Crippen LogP contribution in [-0.2, 0) is 32.5 Å². The van der Waals surface area contributed by atoms with Gasteiger partial charge in [-0.3, -0.25) is 13.9 Å². The highest BCUT2D eigenvalue weighted by molar-refractivity contribution is 7.89. The van der Waals surface area contributed by atoms with Crippen LogP contribution in [0, 0.1) is 12.8 Å². The Labute approximate surface area is 193 Å². The van der Waals surface area contributed by atoms with Gasteiger partial charge < -0.3 is 16.4 Å². The number of benzene rings is 2. The van der Waals surface area contributed by atoms with E-state index >= 15 is 0 Å². The molecule has 2 aliphatic rings. The van der Waals surface area contributed by atoms with Crippen LogP contribution in [0.15, 0.2) is 59.8 Å². The van der Waals surface area contributed by atoms with Crippen molar-refractivity contribution < 1.29 is 18.0 Å². The van der Waals surface area contributed by atoms with Crippen molar-refractivity contribution >= 4 is 27.5 Å². The molecule has 0 spiro atoms. The number of nitrogen functional groups attached to an aromatic ring is 1. The zero-order valence-corrected chi connectivity index (χ0v) is 19.3. The molecule has 9 heteroatoms. The van der Waals surface area contributed by atoms with E-state index in [1.807, 2.05) is 19.1 Å². The van der Waals surface area contributed by atoms with Gasteiger partial charge in [0.2, 0.25) is 11.8 Å². The van der Waals surface area contributed by atoms with Gasteiger partial charge in [-0.1, -0.05) is 29.8 Å². The van der Waals surface area contributed by atoms with Crippen LogP contribution in [0.25, 0.3) is 0 Å². The van der Waals surface area contributed by atoms with Gasteiger partial charge in [0.25, 0.3) is 10.0 Å². The minimum absolute atomic E-state index is 0.0676. The Morgan fingerprint density at radius 2 is 1.97 bits per heavy atom. The number of nitrogens with two attached hydrogens (primary N) is 1. The molecule has 8 nitrogen and oxygen atoms in total. The summed E-state index contributed by atoms with van der Waals surface area (Å²) in [5, 5.41) is 5.39. The summed E-state index contributed by atoms with van der Waals surface area (Å²) in [7, 11) is -3.99. The van der Waals surface area contributed by atoms with Gasteiger partial charge in [-0.15, -0.1) is 0 Å². The van der Waals surface area contributed by atoms with Gasteiger partial charge in [-0.25, -0.2) is 8.42 Å². The quantitative estimate of drug-likeness (QED) is 0.559. The molecule has 2 aromatic rings. The Morgan fingerprint density at radius 3 is 2.73 bits per heavy atom. The first-order chi connectivity index (χ1) is 15.8. The lowest BCUT2D eigenvalue weighted by molar-refractivity contribution is -0.129. The van der Waals surface area contributed by atoms with Crippen LogP contribution in [0.5, 0.6) is 0 Å². The van der Waals surface area contributed by atoms with Gasteiger partial charge in [0, 0.05) is 24.6 Å². The van der Waals surface area contributed by atoms with E-state index in [0.29, 0.717) is 6.54 Å². The SMILES string of the molecule is Cc1ccc(S(=O)(=O)N2C=CNC(=O)[C@H]2CC(=O)NCC2CCc3c(N)cccc3C2)cc1. The predicted octanol–water partition coefficient (Wildman–Crippen LogP) is 1.85. The largest absolute Gasteiger partial charge is 0.398 e. The Morgan fingerprint density at radius 1 is 1.21 bits per heavy atom. The number of fused-ring (bicyclic) bond motifs is 1. The van der Waals surface area contributed by atoms with Crippen LogP contribution in [0.3, 0.4) is 0 Å². The molecule has 4 rings (SSSR count). The van der Waals surface area contributed by atoms with Crippen LogP contribution >= 0.6 is 0 Å². The van der Waals surface area contributed by atoms with Gasteiger partial charge in [0.1, 0.15) is 6.04 Å². The standard InChI is InChI=1S/C24H28N4O4S/c1-16-5-8-19(9-6-16)33(31,32)28-12-11-26-24(30)22(28)14-23(29)27-15-17-7-10-20-18(13-17)3-2-4-21(20)25/h2-6,8-9,11-12,17,22H,7,10,13-15,25H2,1H3,(H,26,30)(H,27,29)/t17?,22-/m1/s1. The summed E-state index contributed by atoms with van der Waals surface area (Å²) >= 11 is 0. The molecule has 2 atom stereocenters. The van der Waals surface area contributed by atoms with Crippen LogP contribution in [0.1, 0.15) is 29.5 Å². The molecule has 1 heterocycles. The topological polar surface area (TPSA) is 122 Å². The Balaban J connectivity index is 1.41. The number of hydrogen-bond donors (Lipinski definition) is 3. The molecule has 0 bridgehead atoms. The fraction of sp³-hybridized carbons (Fsp3) is 0.333. The smallest absolute Gasteiger partial charge is 0.264 e. The number of anilines is 1. The highest BCUT2D eigenvalue weighted by atomic mass is 32.2. The average molecular weight is 469 g/mol. The van der Waals surface area contributed by atoms with Crippen LogP contribution in [0.2, 0.25) is 0 Å². The van der Waals surface area contributed by atoms with Crippen molar-refractivity contribution in [3.8, 4) is 0 Å². The number of aryl methyl sites for hydroxylation is 1. The normalized spacial score (nSPS) is 20.2. The first-order valence-corrected chi connectivity index (χ1v) is 12.4. The molecule has 4 N–H and O–H groups in total. The highest BCUT2D eigenvalue weighted by Gasteiger charge is 2.37. The molecular weight excluding hydrogens is 440 g/mol. The molecule has 0 fully saturated rings. The van der Waals surface area contributed by atoms with E-state index in [4.69, 9.17) is 5.73 Å². The molecule has 0 saturated heterocycles. The number of carbonyl (C=O) groups is 2. The molecule has 2 aromatic carbocycles. The van der Waals surface area contributed by atoms with Gasteiger partial charge in [-0.2, -0.15) is 0 Å². The number of amides is 2. The summed E-state index contributed by atoms with van der Waals surface area (Å²) in [6, 6.07) is 11.1. The van der Waals surface area contributed by atoms with E-state index in [2.05, 4.69) is 16.7 Å². The Kier molecular flexibility index (Phi) is 6.42. The highest BCUT2D eigenvalue weighted by Crippen LogP contribution is 2.29. The third kappa shape index (κ3) is 4.88. The maximum atomic E-state index is 13.1. The zero-order chi connectivity index (χ0) is 23.6. The van der Waals surface area contributed by atoms with Crippen LogP contribution in [0.4, 0.5) is 5.69 Å². The number of sulfonamides is 1. The Hall–Kier alpha value is -3.33. The average Bonchev–Trinajstić information content (AvgIpc) is 2.79. The molecule has 0 radical (unpaired) electrons. The van der Waals surface area contributed by atoms with E-state index in [1.54, 1.807) is 12.1 Å². The minimum Gasteiger partial charge on any atom is -0.398 e. The first-order valence-electron chi connectivity index (χ1n) is 11.0. The molecule has 1 unspecified atom stereocenters. The number of nitrogens with one attached hydrogen (secondary N) is 2. The monoisotopic (exact) mass is 468 g/mol. The molecular formula is C24H28N4O4S. The number of carbonyl (C=O) groups excluding carboxylic acids is 2. The summed E-state index contributed by atoms with van der Waals surface area (Å²) in [4.78, 5) is 25.3. The third-order valence-corrected chi connectivity index (χ3v) is 8.04. The molecule has 1 aliphatic heterocycles. The summed E-state index contributed by atoms with van der Waals surface area (Å²) in [5.41, 5.74) is 10.2. The van der Waals surface area contributed by atoms with E-state index in [-0.39, 0.29) is 23.1 Å². The lowest BCUT2D eigenvalue weighted by atomic mass is 9.83. The lowest BCUT2D eigenvalue weighted by Gasteiger charge is -2.31. The second kappa shape index (κ2) is 9.27. The summed E-state index contributed by atoms with van der Waals surface area (Å²) in [6.45, 7) is 2.32. The van der Waals surface area contributed by atoms with Gasteiger partial charge in [-0.05, 0) is 61.4 Å². The summed E-state index contributed by atoms with van der Waals surface area (Å²) < 4.78 is 27.2. The summed E-state index contributed by atoms with van der Waals surface area (Å²) in [6.07, 6.45) is 4.88. The number of hydrogen-bond acceptors (Lipinski definition) is 5. The van der Waals surface area contributed by atoms with Crippen LogP contribution in [-0.4, -0.2) is 37.1 Å². The number of nitrogens with zero attached hydrogens (tertiary/aromatic N) is 1. The van der Waals surface area contributed by atoms with Crippen molar-refractivity contribution in [1.82, 2.24) is 14.9 Å². The summed E-state index contributed by atoms with van der Waals surface area (Å²) in [5.74, 6) is -0.644. The molecule has 33 heavy (non-hydrogen) atoms. The number of rotatable bonds is 6. The van der Waals surface area contributed by atoms with Crippen molar-refractivity contribution in [3.63, 3.8) is 0 Å². The van der Waals surface area contributed by atoms with Crippen molar-refractivity contribution in [2.24, 2.45) is 5.92 Å². The Bertz CT molecular complexity index is 1190. The molecule has 174 valence electrons. The van der Waals surface area contributed by atoms with Crippen LogP contribution < -0.4 is 16.4 Å². The fourth-order valence-corrected chi connectivity index (χ4v) is 5.81. The maximum Gasteiger partial charge on any atom is 0.264 e. The van der Waals surface area contributed by atoms with E-state index in [1.165, 1.54) is 35.7 Å². The van der Waals surface area contributed by atoms with Gasteiger partial charge >= 0.3 is 0 Å².